The molecule has 0 aliphatic carbocycles. The van der Waals surface area contributed by atoms with Crippen LogP contribution in [0.3, 0.4) is 0 Å². The summed E-state index contributed by atoms with van der Waals surface area (Å²) in [4.78, 5) is 42.2. The third-order valence-electron chi connectivity index (χ3n) is 4.77. The van der Waals surface area contributed by atoms with Crippen molar-refractivity contribution in [3.8, 4) is 0 Å². The van der Waals surface area contributed by atoms with Gasteiger partial charge in [-0.05, 0) is 24.5 Å². The Kier molecular flexibility index (Phi) is 6.66. The molecule has 0 bridgehead atoms. The highest BCUT2D eigenvalue weighted by Crippen LogP contribution is 2.29. The molecule has 3 rings (SSSR count). The summed E-state index contributed by atoms with van der Waals surface area (Å²) in [6.07, 6.45) is 0.305. The van der Waals surface area contributed by atoms with Gasteiger partial charge in [-0.3, -0.25) is 14.2 Å². The maximum Gasteiger partial charge on any atom is 0.349 e. The normalized spacial score (nSPS) is 11.2. The number of carboxylic acids is 1. The average Bonchev–Trinajstić information content (AvgIpc) is 3.04. The number of rotatable bonds is 8. The minimum atomic E-state index is -0.904. The van der Waals surface area contributed by atoms with Gasteiger partial charge in [0.25, 0.3) is 5.56 Å². The summed E-state index contributed by atoms with van der Waals surface area (Å²) >= 11 is 1.16. The maximum absolute atomic E-state index is 13.2. The fraction of sp³-hybridized carbons (Fsp3) is 0.364. The lowest BCUT2D eigenvalue weighted by molar-refractivity contribution is -0.137. The number of fused-ring (bicyclic) bond motifs is 1. The molecule has 0 unspecified atom stereocenters. The van der Waals surface area contributed by atoms with Crippen LogP contribution in [0.25, 0.3) is 10.2 Å². The second-order valence-electron chi connectivity index (χ2n) is 7.38. The molecule has 0 saturated carbocycles. The van der Waals surface area contributed by atoms with Crippen LogP contribution >= 0.6 is 11.3 Å². The van der Waals surface area contributed by atoms with Crippen molar-refractivity contribution in [2.45, 2.75) is 52.7 Å². The number of carboxylic acid groups (broad SMARTS) is 1. The van der Waals surface area contributed by atoms with Crippen LogP contribution in [0.1, 0.15) is 59.2 Å². The van der Waals surface area contributed by atoms with Crippen molar-refractivity contribution in [2.24, 2.45) is 0 Å². The van der Waals surface area contributed by atoms with Crippen molar-refractivity contribution < 1.29 is 19.4 Å². The molecular weight excluding hydrogens is 404 g/mol. The molecular formula is C22H24N2O5S. The highest BCUT2D eigenvalue weighted by Gasteiger charge is 2.23. The van der Waals surface area contributed by atoms with E-state index in [0.29, 0.717) is 32.9 Å². The van der Waals surface area contributed by atoms with Gasteiger partial charge in [0, 0.05) is 18.9 Å². The Morgan fingerprint density at radius 2 is 1.93 bits per heavy atom. The lowest BCUT2D eigenvalue weighted by atomic mass is 10.1. The Bertz CT molecular complexity index is 1130. The van der Waals surface area contributed by atoms with Crippen molar-refractivity contribution in [3.05, 3.63) is 62.5 Å². The molecule has 1 N–H and O–H groups in total. The predicted octanol–water partition coefficient (Wildman–Crippen LogP) is 4.11. The van der Waals surface area contributed by atoms with Crippen LogP contribution in [0.15, 0.2) is 35.1 Å². The minimum absolute atomic E-state index is 0.0252. The van der Waals surface area contributed by atoms with Crippen molar-refractivity contribution >= 4 is 33.5 Å². The smallest absolute Gasteiger partial charge is 0.349 e. The van der Waals surface area contributed by atoms with Crippen LogP contribution < -0.4 is 5.56 Å². The van der Waals surface area contributed by atoms with E-state index in [4.69, 9.17) is 9.84 Å². The Balaban J connectivity index is 1.95. The van der Waals surface area contributed by atoms with Gasteiger partial charge < -0.3 is 9.84 Å². The van der Waals surface area contributed by atoms with Crippen LogP contribution in [0, 0.1) is 6.92 Å². The van der Waals surface area contributed by atoms with Gasteiger partial charge in [-0.15, -0.1) is 11.3 Å². The molecule has 30 heavy (non-hydrogen) atoms. The van der Waals surface area contributed by atoms with Gasteiger partial charge >= 0.3 is 11.9 Å². The summed E-state index contributed by atoms with van der Waals surface area (Å²) in [7, 11) is 0. The summed E-state index contributed by atoms with van der Waals surface area (Å²) in [5.74, 6) is -0.827. The Morgan fingerprint density at radius 1 is 1.23 bits per heavy atom. The summed E-state index contributed by atoms with van der Waals surface area (Å²) in [6, 6.07) is 9.38. The second kappa shape index (κ2) is 9.21. The molecule has 0 atom stereocenters. The Morgan fingerprint density at radius 3 is 2.57 bits per heavy atom. The van der Waals surface area contributed by atoms with Gasteiger partial charge in [-0.25, -0.2) is 9.78 Å². The molecule has 0 saturated heterocycles. The van der Waals surface area contributed by atoms with E-state index in [1.807, 2.05) is 44.2 Å². The van der Waals surface area contributed by atoms with Crippen LogP contribution in [0.5, 0.6) is 0 Å². The molecule has 1 aromatic carbocycles. The lowest BCUT2D eigenvalue weighted by Crippen LogP contribution is -2.26. The third kappa shape index (κ3) is 4.59. The van der Waals surface area contributed by atoms with Gasteiger partial charge in [0.15, 0.2) is 0 Å². The predicted molar refractivity (Wildman–Crippen MR) is 115 cm³/mol. The first kappa shape index (κ1) is 21.7. The highest BCUT2D eigenvalue weighted by molar-refractivity contribution is 7.20. The number of hydrogen-bond donors (Lipinski definition) is 1. The standard InChI is InChI=1S/C22H24N2O5S/c1-13(2)19-23-20-17(21(27)24(19)11-7-10-16(25)26)14(3)18(30-20)22(28)29-12-15-8-5-4-6-9-15/h4-6,8-9,13H,7,10-12H2,1-3H3,(H,25,26). The highest BCUT2D eigenvalue weighted by atomic mass is 32.1. The number of carbonyl (C=O) groups excluding carboxylic acids is 1. The van der Waals surface area contributed by atoms with E-state index in [1.54, 1.807) is 6.92 Å². The number of ether oxygens (including phenoxy) is 1. The van der Waals surface area contributed by atoms with Gasteiger partial charge in [0.05, 0.1) is 5.39 Å². The zero-order valence-electron chi connectivity index (χ0n) is 17.2. The molecule has 158 valence electrons. The van der Waals surface area contributed by atoms with Crippen molar-refractivity contribution in [1.82, 2.24) is 9.55 Å². The number of nitrogens with zero attached hydrogens (tertiary/aromatic N) is 2. The molecule has 2 heterocycles. The molecule has 0 fully saturated rings. The van der Waals surface area contributed by atoms with E-state index in [9.17, 15) is 14.4 Å². The lowest BCUT2D eigenvalue weighted by Gasteiger charge is -2.14. The maximum atomic E-state index is 13.2. The first-order chi connectivity index (χ1) is 14.3. The zero-order chi connectivity index (χ0) is 21.8. The zero-order valence-corrected chi connectivity index (χ0v) is 18.0. The summed E-state index contributed by atoms with van der Waals surface area (Å²) in [5.41, 5.74) is 1.18. The van der Waals surface area contributed by atoms with E-state index >= 15 is 0 Å². The number of aliphatic carboxylic acids is 1. The van der Waals surface area contributed by atoms with Crippen molar-refractivity contribution in [2.75, 3.05) is 0 Å². The monoisotopic (exact) mass is 428 g/mol. The first-order valence-corrected chi connectivity index (χ1v) is 10.6. The molecule has 3 aromatic rings. The molecule has 0 aliphatic heterocycles. The van der Waals surface area contributed by atoms with Gasteiger partial charge in [0.1, 0.15) is 22.1 Å². The van der Waals surface area contributed by atoms with Crippen LogP contribution in [0.2, 0.25) is 0 Å². The van der Waals surface area contributed by atoms with Crippen molar-refractivity contribution in [1.29, 1.82) is 0 Å². The summed E-state index contributed by atoms with van der Waals surface area (Å²) in [6.45, 7) is 5.99. The first-order valence-electron chi connectivity index (χ1n) is 9.76. The number of carbonyl (C=O) groups is 2. The molecule has 7 nitrogen and oxygen atoms in total. The van der Waals surface area contributed by atoms with Crippen LogP contribution in [-0.2, 0) is 22.7 Å². The van der Waals surface area contributed by atoms with Gasteiger partial charge in [-0.2, -0.15) is 0 Å². The fourth-order valence-electron chi connectivity index (χ4n) is 3.26. The molecule has 2 aromatic heterocycles. The van der Waals surface area contributed by atoms with E-state index in [0.717, 1.165) is 16.9 Å². The number of aromatic nitrogens is 2. The number of esters is 1. The SMILES string of the molecule is Cc1c(C(=O)OCc2ccccc2)sc2nc(C(C)C)n(CCCC(=O)O)c(=O)c12. The molecule has 0 amide bonds. The molecule has 0 radical (unpaired) electrons. The summed E-state index contributed by atoms with van der Waals surface area (Å²) < 4.78 is 6.97. The number of thiophene rings is 1. The number of aryl methyl sites for hydroxylation is 1. The van der Waals surface area contributed by atoms with Crippen LogP contribution in [0.4, 0.5) is 0 Å². The fourth-order valence-corrected chi connectivity index (χ4v) is 4.33. The van der Waals surface area contributed by atoms with E-state index < -0.39 is 11.9 Å². The van der Waals surface area contributed by atoms with E-state index in [2.05, 4.69) is 4.98 Å². The Labute approximate surface area is 178 Å². The largest absolute Gasteiger partial charge is 0.481 e. The third-order valence-corrected chi connectivity index (χ3v) is 5.93. The van der Waals surface area contributed by atoms with E-state index in [1.165, 1.54) is 4.57 Å². The molecule has 0 spiro atoms. The number of benzene rings is 1. The number of hydrogen-bond acceptors (Lipinski definition) is 6. The average molecular weight is 429 g/mol. The second-order valence-corrected chi connectivity index (χ2v) is 8.38. The molecule has 0 aliphatic rings. The Hall–Kier alpha value is -3.00. The topological polar surface area (TPSA) is 98.5 Å². The van der Waals surface area contributed by atoms with Gasteiger partial charge in [-0.1, -0.05) is 44.2 Å². The summed E-state index contributed by atoms with van der Waals surface area (Å²) in [5, 5.41) is 9.29. The molecule has 8 heteroatoms. The minimum Gasteiger partial charge on any atom is -0.481 e. The van der Waals surface area contributed by atoms with E-state index in [-0.39, 0.29) is 31.0 Å². The quantitative estimate of drug-likeness (QED) is 0.542. The van der Waals surface area contributed by atoms with Gasteiger partial charge in [0.2, 0.25) is 0 Å². The van der Waals surface area contributed by atoms with Crippen molar-refractivity contribution in [3.63, 3.8) is 0 Å². The van der Waals surface area contributed by atoms with Crippen LogP contribution in [-0.4, -0.2) is 26.6 Å².